The molecule has 6 nitrogen and oxygen atoms in total. The molecule has 0 radical (unpaired) electrons. The molecule has 0 spiro atoms. The van der Waals surface area contributed by atoms with Gasteiger partial charge in [0.05, 0.1) is 18.3 Å². The number of hydrogen-bond donors (Lipinski definition) is 1. The third-order valence-electron chi connectivity index (χ3n) is 5.47. The summed E-state index contributed by atoms with van der Waals surface area (Å²) < 4.78 is 1.77. The molecule has 23 heavy (non-hydrogen) atoms. The second kappa shape index (κ2) is 6.23. The Morgan fingerprint density at radius 1 is 1.39 bits per heavy atom. The smallest absolute Gasteiger partial charge is 0.222 e. The summed E-state index contributed by atoms with van der Waals surface area (Å²) in [6.07, 6.45) is 6.69. The maximum absolute atomic E-state index is 12.4. The van der Waals surface area contributed by atoms with Gasteiger partial charge in [0.25, 0.3) is 0 Å². The van der Waals surface area contributed by atoms with Crippen LogP contribution < -0.4 is 0 Å². The average Bonchev–Trinajstić information content (AvgIpc) is 2.89. The van der Waals surface area contributed by atoms with Crippen LogP contribution in [0.2, 0.25) is 0 Å². The first kappa shape index (κ1) is 16.4. The van der Waals surface area contributed by atoms with Gasteiger partial charge in [0.15, 0.2) is 0 Å². The monoisotopic (exact) mass is 320 g/mol. The second-order valence-corrected chi connectivity index (χ2v) is 8.06. The molecule has 0 unspecified atom stereocenters. The van der Waals surface area contributed by atoms with Crippen LogP contribution in [0.3, 0.4) is 0 Å². The largest absolute Gasteiger partial charge is 0.387 e. The lowest BCUT2D eigenvalue weighted by Crippen LogP contribution is -2.51. The van der Waals surface area contributed by atoms with E-state index in [1.165, 1.54) is 25.7 Å². The van der Waals surface area contributed by atoms with Gasteiger partial charge in [0, 0.05) is 19.5 Å². The minimum atomic E-state index is -0.600. The van der Waals surface area contributed by atoms with Crippen molar-refractivity contribution in [2.75, 3.05) is 13.1 Å². The van der Waals surface area contributed by atoms with Crippen LogP contribution in [-0.4, -0.2) is 44.0 Å². The number of aliphatic hydroxyl groups excluding tert-OH is 1. The molecule has 2 fully saturated rings. The third-order valence-corrected chi connectivity index (χ3v) is 5.47. The van der Waals surface area contributed by atoms with Crippen molar-refractivity contribution in [1.29, 1.82) is 0 Å². The summed E-state index contributed by atoms with van der Waals surface area (Å²) in [5.74, 6) is 0.838. The third kappa shape index (κ3) is 3.74. The highest BCUT2D eigenvalue weighted by atomic mass is 16.3. The van der Waals surface area contributed by atoms with E-state index in [0.29, 0.717) is 36.5 Å². The Morgan fingerprint density at radius 2 is 2.04 bits per heavy atom. The number of amides is 1. The molecule has 1 atom stereocenters. The van der Waals surface area contributed by atoms with Crippen LogP contribution in [0.25, 0.3) is 0 Å². The fraction of sp³-hybridized carbons (Fsp3) is 0.824. The van der Waals surface area contributed by atoms with Gasteiger partial charge in [-0.3, -0.25) is 4.79 Å². The Balaban J connectivity index is 1.44. The number of rotatable bonds is 4. The molecular weight excluding hydrogens is 292 g/mol. The van der Waals surface area contributed by atoms with Crippen molar-refractivity contribution in [2.45, 2.75) is 65.0 Å². The first-order valence-corrected chi connectivity index (χ1v) is 8.71. The predicted octanol–water partition coefficient (Wildman–Crippen LogP) is 2.32. The van der Waals surface area contributed by atoms with Gasteiger partial charge in [0.2, 0.25) is 5.91 Å². The number of aliphatic hydroxyl groups is 1. The molecule has 1 aromatic heterocycles. The molecule has 1 aromatic rings. The Bertz CT molecular complexity index is 551. The summed E-state index contributed by atoms with van der Waals surface area (Å²) in [6.45, 7) is 7.74. The number of nitrogens with zero attached hydrogens (tertiary/aromatic N) is 4. The SMILES string of the molecule is C[C@@H](O)c1cn(C2CN(C(=O)CC3CCC(C)(C)CC3)C2)nn1. The van der Waals surface area contributed by atoms with E-state index in [-0.39, 0.29) is 11.9 Å². The molecule has 2 heterocycles. The van der Waals surface area contributed by atoms with Gasteiger partial charge < -0.3 is 10.0 Å². The van der Waals surface area contributed by atoms with Crippen LogP contribution in [0.15, 0.2) is 6.20 Å². The topological polar surface area (TPSA) is 71.2 Å². The van der Waals surface area contributed by atoms with Gasteiger partial charge in [-0.1, -0.05) is 19.1 Å². The number of aromatic nitrogens is 3. The number of carbonyl (C=O) groups excluding carboxylic acids is 1. The Hall–Kier alpha value is -1.43. The van der Waals surface area contributed by atoms with Crippen LogP contribution in [0.4, 0.5) is 0 Å². The van der Waals surface area contributed by atoms with Crippen molar-refractivity contribution in [3.63, 3.8) is 0 Å². The molecule has 1 aliphatic carbocycles. The molecule has 3 rings (SSSR count). The molecular formula is C17H28N4O2. The van der Waals surface area contributed by atoms with Gasteiger partial charge in [-0.2, -0.15) is 0 Å². The fourth-order valence-electron chi connectivity index (χ4n) is 3.53. The van der Waals surface area contributed by atoms with Crippen LogP contribution in [-0.2, 0) is 4.79 Å². The maximum Gasteiger partial charge on any atom is 0.222 e. The molecule has 1 saturated carbocycles. The zero-order chi connectivity index (χ0) is 16.6. The molecule has 6 heteroatoms. The molecule has 1 aliphatic heterocycles. The lowest BCUT2D eigenvalue weighted by molar-refractivity contribution is -0.138. The maximum atomic E-state index is 12.4. The quantitative estimate of drug-likeness (QED) is 0.924. The van der Waals surface area contributed by atoms with Crippen molar-refractivity contribution in [3.05, 3.63) is 11.9 Å². The molecule has 0 bridgehead atoms. The van der Waals surface area contributed by atoms with Gasteiger partial charge in [0.1, 0.15) is 5.69 Å². The average molecular weight is 320 g/mol. The van der Waals surface area contributed by atoms with E-state index in [4.69, 9.17) is 0 Å². The Kier molecular flexibility index (Phi) is 4.45. The zero-order valence-electron chi connectivity index (χ0n) is 14.4. The van der Waals surface area contributed by atoms with Gasteiger partial charge in [-0.25, -0.2) is 4.68 Å². The second-order valence-electron chi connectivity index (χ2n) is 8.06. The predicted molar refractivity (Wildman–Crippen MR) is 86.6 cm³/mol. The summed E-state index contributed by atoms with van der Waals surface area (Å²) in [4.78, 5) is 14.3. The summed E-state index contributed by atoms with van der Waals surface area (Å²) in [5.41, 5.74) is 1.04. The summed E-state index contributed by atoms with van der Waals surface area (Å²) in [5, 5.41) is 17.5. The van der Waals surface area contributed by atoms with E-state index in [1.807, 2.05) is 4.90 Å². The lowest BCUT2D eigenvalue weighted by Gasteiger charge is -2.40. The lowest BCUT2D eigenvalue weighted by atomic mass is 9.72. The number of likely N-dealkylation sites (tertiary alicyclic amines) is 1. The molecule has 1 saturated heterocycles. The standard InChI is InChI=1S/C17H28N4O2/c1-12(22)15-11-21(19-18-15)14-9-20(10-14)16(23)8-13-4-6-17(2,3)7-5-13/h11-14,22H,4-10H2,1-3H3/t12-/m1/s1. The van der Waals surface area contributed by atoms with E-state index >= 15 is 0 Å². The molecule has 2 aliphatic rings. The molecule has 0 aromatic carbocycles. The Morgan fingerprint density at radius 3 is 2.61 bits per heavy atom. The Labute approximate surface area is 137 Å². The van der Waals surface area contributed by atoms with Crippen molar-refractivity contribution in [3.8, 4) is 0 Å². The fourth-order valence-corrected chi connectivity index (χ4v) is 3.53. The van der Waals surface area contributed by atoms with E-state index in [9.17, 15) is 9.90 Å². The van der Waals surface area contributed by atoms with Crippen molar-refractivity contribution < 1.29 is 9.90 Å². The van der Waals surface area contributed by atoms with Crippen molar-refractivity contribution in [2.24, 2.45) is 11.3 Å². The molecule has 128 valence electrons. The van der Waals surface area contributed by atoms with Crippen LogP contribution in [0.1, 0.15) is 70.7 Å². The van der Waals surface area contributed by atoms with Crippen LogP contribution in [0, 0.1) is 11.3 Å². The highest BCUT2D eigenvalue weighted by molar-refractivity contribution is 5.77. The summed E-state index contributed by atoms with van der Waals surface area (Å²) in [6, 6.07) is 0.198. The number of carbonyl (C=O) groups is 1. The molecule has 1 N–H and O–H groups in total. The number of hydrogen-bond acceptors (Lipinski definition) is 4. The van der Waals surface area contributed by atoms with Gasteiger partial charge in [-0.15, -0.1) is 5.10 Å². The van der Waals surface area contributed by atoms with E-state index in [1.54, 1.807) is 17.8 Å². The first-order valence-electron chi connectivity index (χ1n) is 8.71. The van der Waals surface area contributed by atoms with Crippen molar-refractivity contribution in [1.82, 2.24) is 19.9 Å². The van der Waals surface area contributed by atoms with Crippen molar-refractivity contribution >= 4 is 5.91 Å². The zero-order valence-corrected chi connectivity index (χ0v) is 14.4. The highest BCUT2D eigenvalue weighted by Gasteiger charge is 2.35. The summed E-state index contributed by atoms with van der Waals surface area (Å²) in [7, 11) is 0. The van der Waals surface area contributed by atoms with E-state index in [0.717, 1.165) is 0 Å². The minimum Gasteiger partial charge on any atom is -0.387 e. The van der Waals surface area contributed by atoms with E-state index < -0.39 is 6.10 Å². The molecule has 1 amide bonds. The van der Waals surface area contributed by atoms with E-state index in [2.05, 4.69) is 24.2 Å². The van der Waals surface area contributed by atoms with Gasteiger partial charge in [-0.05, 0) is 43.9 Å². The minimum absolute atomic E-state index is 0.198. The highest BCUT2D eigenvalue weighted by Crippen LogP contribution is 2.39. The van der Waals surface area contributed by atoms with Crippen LogP contribution in [0.5, 0.6) is 0 Å². The normalized spacial score (nSPS) is 23.6. The van der Waals surface area contributed by atoms with Crippen LogP contribution >= 0.6 is 0 Å². The first-order chi connectivity index (χ1) is 10.8. The summed E-state index contributed by atoms with van der Waals surface area (Å²) >= 11 is 0. The van der Waals surface area contributed by atoms with Gasteiger partial charge >= 0.3 is 0 Å².